The van der Waals surface area contributed by atoms with Crippen molar-refractivity contribution in [1.82, 2.24) is 0 Å². The Kier molecular flexibility index (Phi) is 5.86. The smallest absolute Gasteiger partial charge is 0.336 e. The van der Waals surface area contributed by atoms with Gasteiger partial charge >= 0.3 is 5.63 Å². The van der Waals surface area contributed by atoms with Gasteiger partial charge in [0.15, 0.2) is 0 Å². The predicted molar refractivity (Wildman–Crippen MR) is 87.7 cm³/mol. The molecular formula is C15H18O3S2. The second-order valence-electron chi connectivity index (χ2n) is 4.39. The third-order valence-electron chi connectivity index (χ3n) is 2.92. The van der Waals surface area contributed by atoms with Crippen LogP contribution in [-0.4, -0.2) is 12.9 Å². The Morgan fingerprint density at radius 1 is 1.25 bits per heavy atom. The first-order valence-corrected chi connectivity index (χ1v) is 9.08. The minimum atomic E-state index is -0.306. The minimum Gasteiger partial charge on any atom is -0.497 e. The molecule has 108 valence electrons. The zero-order valence-corrected chi connectivity index (χ0v) is 13.3. The minimum absolute atomic E-state index is 0.306. The number of ether oxygens (including phenoxy) is 1. The second kappa shape index (κ2) is 7.64. The standard InChI is InChI=1S/C15H18O3S2/c1-3-4-7-19-20-10-11-8-15(16)18-14-9-12(17-2)5-6-13(11)14/h5-6,8-9H,3-4,7,10H2,1-2H3. The van der Waals surface area contributed by atoms with Crippen molar-refractivity contribution in [2.45, 2.75) is 25.5 Å². The van der Waals surface area contributed by atoms with E-state index in [1.807, 2.05) is 22.9 Å². The first-order chi connectivity index (χ1) is 9.74. The van der Waals surface area contributed by atoms with Gasteiger partial charge < -0.3 is 9.15 Å². The fourth-order valence-corrected chi connectivity index (χ4v) is 4.14. The van der Waals surface area contributed by atoms with Crippen LogP contribution < -0.4 is 10.4 Å². The van der Waals surface area contributed by atoms with Crippen LogP contribution in [0.5, 0.6) is 5.75 Å². The molecule has 5 heteroatoms. The van der Waals surface area contributed by atoms with E-state index in [1.54, 1.807) is 30.0 Å². The molecule has 2 aromatic rings. The molecule has 0 unspecified atom stereocenters. The van der Waals surface area contributed by atoms with Crippen molar-refractivity contribution in [2.75, 3.05) is 12.9 Å². The number of benzene rings is 1. The molecule has 0 bridgehead atoms. The Morgan fingerprint density at radius 3 is 2.85 bits per heavy atom. The van der Waals surface area contributed by atoms with Crippen molar-refractivity contribution in [2.24, 2.45) is 0 Å². The van der Waals surface area contributed by atoms with Crippen LogP contribution in [0.3, 0.4) is 0 Å². The number of rotatable bonds is 7. The zero-order valence-electron chi connectivity index (χ0n) is 11.7. The largest absolute Gasteiger partial charge is 0.497 e. The lowest BCUT2D eigenvalue weighted by atomic mass is 10.1. The molecule has 20 heavy (non-hydrogen) atoms. The van der Waals surface area contributed by atoms with Gasteiger partial charge in [0.1, 0.15) is 11.3 Å². The predicted octanol–water partition coefficient (Wildman–Crippen LogP) is 4.48. The number of fused-ring (bicyclic) bond motifs is 1. The van der Waals surface area contributed by atoms with Gasteiger partial charge in [-0.15, -0.1) is 0 Å². The number of methoxy groups -OCH3 is 1. The molecule has 0 aliphatic heterocycles. The molecule has 0 spiro atoms. The molecule has 2 rings (SSSR count). The summed E-state index contributed by atoms with van der Waals surface area (Å²) in [5.41, 5.74) is 1.30. The van der Waals surface area contributed by atoms with Crippen LogP contribution in [0.1, 0.15) is 25.3 Å². The second-order valence-corrected chi connectivity index (χ2v) is 6.97. The summed E-state index contributed by atoms with van der Waals surface area (Å²) in [6.45, 7) is 2.19. The maximum atomic E-state index is 11.6. The molecular weight excluding hydrogens is 292 g/mol. The first-order valence-electron chi connectivity index (χ1n) is 6.59. The van der Waals surface area contributed by atoms with E-state index in [4.69, 9.17) is 9.15 Å². The SMILES string of the molecule is CCCCSSCc1cc(=O)oc2cc(OC)ccc12. The first kappa shape index (κ1) is 15.3. The van der Waals surface area contributed by atoms with E-state index in [0.29, 0.717) is 11.3 Å². The summed E-state index contributed by atoms with van der Waals surface area (Å²) in [7, 11) is 5.24. The maximum absolute atomic E-state index is 11.6. The summed E-state index contributed by atoms with van der Waals surface area (Å²) in [5, 5.41) is 0.981. The van der Waals surface area contributed by atoms with E-state index >= 15 is 0 Å². The van der Waals surface area contributed by atoms with Gasteiger partial charge in [-0.3, -0.25) is 0 Å². The van der Waals surface area contributed by atoms with Gasteiger partial charge in [0.25, 0.3) is 0 Å². The van der Waals surface area contributed by atoms with E-state index in [9.17, 15) is 4.79 Å². The van der Waals surface area contributed by atoms with Crippen molar-refractivity contribution in [3.05, 3.63) is 40.2 Å². The van der Waals surface area contributed by atoms with Gasteiger partial charge in [-0.2, -0.15) is 0 Å². The molecule has 0 radical (unpaired) electrons. The Bertz CT molecular complexity index is 622. The molecule has 1 aromatic carbocycles. The van der Waals surface area contributed by atoms with Crippen molar-refractivity contribution in [3.63, 3.8) is 0 Å². The molecule has 0 amide bonds. The van der Waals surface area contributed by atoms with Crippen LogP contribution in [0.2, 0.25) is 0 Å². The number of hydrogen-bond acceptors (Lipinski definition) is 5. The zero-order chi connectivity index (χ0) is 14.4. The molecule has 0 aliphatic carbocycles. The normalized spacial score (nSPS) is 10.9. The maximum Gasteiger partial charge on any atom is 0.336 e. The molecule has 1 heterocycles. The highest BCUT2D eigenvalue weighted by molar-refractivity contribution is 8.76. The number of hydrogen-bond donors (Lipinski definition) is 0. The molecule has 1 aromatic heterocycles. The van der Waals surface area contributed by atoms with Gasteiger partial charge in [0.2, 0.25) is 0 Å². The topological polar surface area (TPSA) is 39.4 Å². The summed E-state index contributed by atoms with van der Waals surface area (Å²) >= 11 is 0. The van der Waals surface area contributed by atoms with Gasteiger partial charge in [0.05, 0.1) is 7.11 Å². The van der Waals surface area contributed by atoms with E-state index in [2.05, 4.69) is 6.92 Å². The third-order valence-corrected chi connectivity index (χ3v) is 5.32. The molecule has 3 nitrogen and oxygen atoms in total. The Labute approximate surface area is 126 Å². The van der Waals surface area contributed by atoms with Gasteiger partial charge in [-0.25, -0.2) is 4.79 Å². The van der Waals surface area contributed by atoms with E-state index in [1.165, 1.54) is 12.8 Å². The molecule has 0 N–H and O–H groups in total. The van der Waals surface area contributed by atoms with Crippen molar-refractivity contribution in [1.29, 1.82) is 0 Å². The van der Waals surface area contributed by atoms with Crippen molar-refractivity contribution in [3.8, 4) is 5.75 Å². The lowest BCUT2D eigenvalue weighted by molar-refractivity contribution is 0.414. The highest BCUT2D eigenvalue weighted by Crippen LogP contribution is 2.30. The molecule has 0 saturated heterocycles. The van der Waals surface area contributed by atoms with Crippen LogP contribution in [0, 0.1) is 0 Å². The third kappa shape index (κ3) is 3.96. The highest BCUT2D eigenvalue weighted by Gasteiger charge is 2.07. The van der Waals surface area contributed by atoms with Crippen molar-refractivity contribution < 1.29 is 9.15 Å². The Hall–Kier alpha value is -1.07. The summed E-state index contributed by atoms with van der Waals surface area (Å²) in [4.78, 5) is 11.6. The van der Waals surface area contributed by atoms with Crippen LogP contribution in [0.15, 0.2) is 33.5 Å². The molecule has 0 atom stereocenters. The molecule has 0 aliphatic rings. The van der Waals surface area contributed by atoms with Gasteiger partial charge in [0, 0.05) is 29.0 Å². The molecule has 0 saturated carbocycles. The van der Waals surface area contributed by atoms with E-state index in [0.717, 1.165) is 22.5 Å². The van der Waals surface area contributed by atoms with Crippen LogP contribution in [0.25, 0.3) is 11.0 Å². The molecule has 0 fully saturated rings. The van der Waals surface area contributed by atoms with E-state index in [-0.39, 0.29) is 5.63 Å². The van der Waals surface area contributed by atoms with Gasteiger partial charge in [-0.1, -0.05) is 34.9 Å². The Balaban J connectivity index is 2.17. The van der Waals surface area contributed by atoms with Gasteiger partial charge in [-0.05, 0) is 24.1 Å². The lowest BCUT2D eigenvalue weighted by Gasteiger charge is -2.06. The summed E-state index contributed by atoms with van der Waals surface area (Å²) in [5.74, 6) is 2.65. The van der Waals surface area contributed by atoms with Crippen LogP contribution >= 0.6 is 21.6 Å². The fraction of sp³-hybridized carbons (Fsp3) is 0.400. The lowest BCUT2D eigenvalue weighted by Crippen LogP contribution is -1.99. The summed E-state index contributed by atoms with van der Waals surface area (Å²) < 4.78 is 10.4. The highest BCUT2D eigenvalue weighted by atomic mass is 33.1. The van der Waals surface area contributed by atoms with E-state index < -0.39 is 0 Å². The number of unbranched alkanes of at least 4 members (excludes halogenated alkanes) is 1. The quantitative estimate of drug-likeness (QED) is 0.428. The Morgan fingerprint density at radius 2 is 2.10 bits per heavy atom. The fourth-order valence-electron chi connectivity index (χ4n) is 1.82. The summed E-state index contributed by atoms with van der Waals surface area (Å²) in [6.07, 6.45) is 2.44. The summed E-state index contributed by atoms with van der Waals surface area (Å²) in [6, 6.07) is 7.18. The van der Waals surface area contributed by atoms with Crippen LogP contribution in [0.4, 0.5) is 0 Å². The van der Waals surface area contributed by atoms with Crippen molar-refractivity contribution >= 4 is 32.6 Å². The average Bonchev–Trinajstić information content (AvgIpc) is 2.46. The average molecular weight is 310 g/mol. The monoisotopic (exact) mass is 310 g/mol. The van der Waals surface area contributed by atoms with Crippen LogP contribution in [-0.2, 0) is 5.75 Å².